The summed E-state index contributed by atoms with van der Waals surface area (Å²) in [6.07, 6.45) is 7.52. The van der Waals surface area contributed by atoms with Crippen LogP contribution >= 0.6 is 0 Å². The van der Waals surface area contributed by atoms with Crippen LogP contribution in [-0.4, -0.2) is 34.6 Å². The van der Waals surface area contributed by atoms with Crippen LogP contribution in [0.4, 0.5) is 0 Å². The summed E-state index contributed by atoms with van der Waals surface area (Å²) in [5.74, 6) is 0.587. The highest BCUT2D eigenvalue weighted by atomic mass is 16.2. The van der Waals surface area contributed by atoms with Crippen molar-refractivity contribution in [2.45, 2.75) is 32.4 Å². The van der Waals surface area contributed by atoms with Crippen LogP contribution in [0.25, 0.3) is 0 Å². The molecule has 1 fully saturated rings. The Balaban J connectivity index is 1.63. The van der Waals surface area contributed by atoms with Gasteiger partial charge in [0.1, 0.15) is 0 Å². The molecule has 0 radical (unpaired) electrons. The van der Waals surface area contributed by atoms with Crippen molar-refractivity contribution in [2.24, 2.45) is 5.92 Å². The van der Waals surface area contributed by atoms with Crippen LogP contribution in [0.1, 0.15) is 19.8 Å². The SMILES string of the molecule is CC1CCNC1C(=O)NCCCn1ccnc1. The second-order valence-electron chi connectivity index (χ2n) is 4.64. The van der Waals surface area contributed by atoms with Crippen molar-refractivity contribution in [3.8, 4) is 0 Å². The van der Waals surface area contributed by atoms with E-state index in [0.717, 1.165) is 32.5 Å². The number of aryl methyl sites for hydroxylation is 1. The van der Waals surface area contributed by atoms with E-state index in [1.165, 1.54) is 0 Å². The predicted molar refractivity (Wildman–Crippen MR) is 65.4 cm³/mol. The van der Waals surface area contributed by atoms with E-state index >= 15 is 0 Å². The summed E-state index contributed by atoms with van der Waals surface area (Å²) in [6, 6.07) is 0.00300. The van der Waals surface area contributed by atoms with E-state index < -0.39 is 0 Å². The molecule has 1 aliphatic heterocycles. The lowest BCUT2D eigenvalue weighted by molar-refractivity contribution is -0.123. The largest absolute Gasteiger partial charge is 0.355 e. The molecule has 1 aliphatic rings. The fraction of sp³-hybridized carbons (Fsp3) is 0.667. The minimum Gasteiger partial charge on any atom is -0.355 e. The van der Waals surface area contributed by atoms with Crippen LogP contribution in [0.2, 0.25) is 0 Å². The van der Waals surface area contributed by atoms with E-state index in [9.17, 15) is 4.79 Å². The Labute approximate surface area is 102 Å². The average molecular weight is 236 g/mol. The topological polar surface area (TPSA) is 59.0 Å². The molecule has 0 saturated carbocycles. The first kappa shape index (κ1) is 12.1. The Morgan fingerprint density at radius 2 is 2.53 bits per heavy atom. The van der Waals surface area contributed by atoms with Crippen molar-refractivity contribution in [3.05, 3.63) is 18.7 Å². The fourth-order valence-electron chi connectivity index (χ4n) is 2.19. The van der Waals surface area contributed by atoms with E-state index in [4.69, 9.17) is 0 Å². The lowest BCUT2D eigenvalue weighted by atomic mass is 10.0. The van der Waals surface area contributed by atoms with Crippen molar-refractivity contribution in [1.82, 2.24) is 20.2 Å². The lowest BCUT2D eigenvalue weighted by Crippen LogP contribution is -2.43. The first-order chi connectivity index (χ1) is 8.27. The van der Waals surface area contributed by atoms with Gasteiger partial charge in [0, 0.05) is 25.5 Å². The maximum atomic E-state index is 11.8. The molecule has 17 heavy (non-hydrogen) atoms. The second-order valence-corrected chi connectivity index (χ2v) is 4.64. The number of amides is 1. The van der Waals surface area contributed by atoms with Crippen LogP contribution < -0.4 is 10.6 Å². The zero-order valence-corrected chi connectivity index (χ0v) is 10.2. The van der Waals surface area contributed by atoms with Crippen molar-refractivity contribution in [2.75, 3.05) is 13.1 Å². The predicted octanol–water partition coefficient (Wildman–Crippen LogP) is 0.387. The van der Waals surface area contributed by atoms with Crippen molar-refractivity contribution < 1.29 is 4.79 Å². The molecule has 2 unspecified atom stereocenters. The van der Waals surface area contributed by atoms with Crippen molar-refractivity contribution >= 4 is 5.91 Å². The average Bonchev–Trinajstić information content (AvgIpc) is 2.95. The maximum Gasteiger partial charge on any atom is 0.237 e. The quantitative estimate of drug-likeness (QED) is 0.727. The van der Waals surface area contributed by atoms with Gasteiger partial charge in [-0.3, -0.25) is 4.79 Å². The lowest BCUT2D eigenvalue weighted by Gasteiger charge is -2.15. The Morgan fingerprint density at radius 3 is 3.18 bits per heavy atom. The Bertz CT molecular complexity index is 349. The van der Waals surface area contributed by atoms with Gasteiger partial charge >= 0.3 is 0 Å². The van der Waals surface area contributed by atoms with E-state index in [2.05, 4.69) is 22.5 Å². The molecule has 1 aromatic rings. The molecule has 1 saturated heterocycles. The fourth-order valence-corrected chi connectivity index (χ4v) is 2.19. The number of aromatic nitrogens is 2. The Hall–Kier alpha value is -1.36. The van der Waals surface area contributed by atoms with Gasteiger partial charge in [-0.1, -0.05) is 6.92 Å². The number of carbonyl (C=O) groups excluding carboxylic acids is 1. The van der Waals surface area contributed by atoms with Crippen LogP contribution in [0.15, 0.2) is 18.7 Å². The number of carbonyl (C=O) groups is 1. The molecule has 0 aromatic carbocycles. The molecule has 5 heteroatoms. The molecule has 0 spiro atoms. The summed E-state index contributed by atoms with van der Waals surface area (Å²) in [6.45, 7) is 4.69. The van der Waals surface area contributed by atoms with E-state index in [-0.39, 0.29) is 11.9 Å². The number of hydrogen-bond acceptors (Lipinski definition) is 3. The number of nitrogens with zero attached hydrogens (tertiary/aromatic N) is 2. The van der Waals surface area contributed by atoms with Gasteiger partial charge in [0.25, 0.3) is 0 Å². The molecule has 2 atom stereocenters. The third kappa shape index (κ3) is 3.30. The number of imidazole rings is 1. The molecule has 1 aromatic heterocycles. The molecule has 2 heterocycles. The molecule has 0 aliphatic carbocycles. The Morgan fingerprint density at radius 1 is 1.65 bits per heavy atom. The molecule has 5 nitrogen and oxygen atoms in total. The molecule has 0 bridgehead atoms. The van der Waals surface area contributed by atoms with Crippen LogP contribution in [0.5, 0.6) is 0 Å². The summed E-state index contributed by atoms with van der Waals surface area (Å²) >= 11 is 0. The highest BCUT2D eigenvalue weighted by Gasteiger charge is 2.28. The van der Waals surface area contributed by atoms with Gasteiger partial charge in [-0.2, -0.15) is 0 Å². The number of rotatable bonds is 5. The molecule has 2 rings (SSSR count). The molecular formula is C12H20N4O. The monoisotopic (exact) mass is 236 g/mol. The second kappa shape index (κ2) is 5.82. The number of nitrogens with one attached hydrogen (secondary N) is 2. The maximum absolute atomic E-state index is 11.8. The van der Waals surface area contributed by atoms with Gasteiger partial charge in [0.15, 0.2) is 0 Å². The molecule has 94 valence electrons. The van der Waals surface area contributed by atoms with Crippen LogP contribution in [0, 0.1) is 5.92 Å². The van der Waals surface area contributed by atoms with Crippen LogP contribution in [0.3, 0.4) is 0 Å². The van der Waals surface area contributed by atoms with Gasteiger partial charge in [0.2, 0.25) is 5.91 Å². The smallest absolute Gasteiger partial charge is 0.237 e. The minimum absolute atomic E-state index is 0.00300. The van der Waals surface area contributed by atoms with Gasteiger partial charge < -0.3 is 15.2 Å². The minimum atomic E-state index is 0.00300. The zero-order chi connectivity index (χ0) is 12.1. The summed E-state index contributed by atoms with van der Waals surface area (Å²) < 4.78 is 2.02. The Kier molecular flexibility index (Phi) is 4.14. The third-order valence-corrected chi connectivity index (χ3v) is 3.27. The van der Waals surface area contributed by atoms with Gasteiger partial charge in [-0.05, 0) is 25.3 Å². The summed E-state index contributed by atoms with van der Waals surface area (Å²) in [5.41, 5.74) is 0. The van der Waals surface area contributed by atoms with Gasteiger partial charge in [-0.25, -0.2) is 4.98 Å². The van der Waals surface area contributed by atoms with E-state index in [1.54, 1.807) is 12.5 Å². The summed E-state index contributed by atoms with van der Waals surface area (Å²) in [5, 5.41) is 6.22. The van der Waals surface area contributed by atoms with Gasteiger partial charge in [-0.15, -0.1) is 0 Å². The zero-order valence-electron chi connectivity index (χ0n) is 10.2. The van der Waals surface area contributed by atoms with E-state index in [0.29, 0.717) is 5.92 Å². The third-order valence-electron chi connectivity index (χ3n) is 3.27. The highest BCUT2D eigenvalue weighted by molar-refractivity contribution is 5.82. The first-order valence-corrected chi connectivity index (χ1v) is 6.24. The normalized spacial score (nSPS) is 23.8. The van der Waals surface area contributed by atoms with Crippen molar-refractivity contribution in [3.63, 3.8) is 0 Å². The highest BCUT2D eigenvalue weighted by Crippen LogP contribution is 2.13. The summed E-state index contributed by atoms with van der Waals surface area (Å²) in [7, 11) is 0. The van der Waals surface area contributed by atoms with Gasteiger partial charge in [0.05, 0.1) is 12.4 Å². The molecular weight excluding hydrogens is 216 g/mol. The van der Waals surface area contributed by atoms with Crippen molar-refractivity contribution in [1.29, 1.82) is 0 Å². The standard InChI is InChI=1S/C12H20N4O/c1-10-3-5-14-11(10)12(17)15-4-2-7-16-8-6-13-9-16/h6,8-11,14H,2-5,7H2,1H3,(H,15,17). The van der Waals surface area contributed by atoms with Crippen LogP contribution in [-0.2, 0) is 11.3 Å². The molecule has 2 N–H and O–H groups in total. The summed E-state index contributed by atoms with van der Waals surface area (Å²) in [4.78, 5) is 15.8. The van der Waals surface area contributed by atoms with E-state index in [1.807, 2.05) is 10.8 Å². The molecule has 1 amide bonds. The first-order valence-electron chi connectivity index (χ1n) is 6.24. The number of hydrogen-bond donors (Lipinski definition) is 2.